The summed E-state index contributed by atoms with van der Waals surface area (Å²) in [6.45, 7) is 4.81. The van der Waals surface area contributed by atoms with E-state index in [9.17, 15) is 9.90 Å². The lowest BCUT2D eigenvalue weighted by Crippen LogP contribution is -2.48. The smallest absolute Gasteiger partial charge is 0.407 e. The molecule has 3 N–H and O–H groups in total. The van der Waals surface area contributed by atoms with Crippen LogP contribution in [0.5, 0.6) is 0 Å². The van der Waals surface area contributed by atoms with Crippen molar-refractivity contribution in [3.05, 3.63) is 30.1 Å². The number of aromatic nitrogens is 1. The van der Waals surface area contributed by atoms with Gasteiger partial charge in [0.15, 0.2) is 0 Å². The van der Waals surface area contributed by atoms with Crippen LogP contribution in [-0.2, 0) is 11.2 Å². The van der Waals surface area contributed by atoms with Crippen LogP contribution in [0, 0.1) is 0 Å². The molecule has 112 valence electrons. The van der Waals surface area contributed by atoms with Crippen LogP contribution in [0.25, 0.3) is 0 Å². The van der Waals surface area contributed by atoms with E-state index in [1.165, 1.54) is 0 Å². The summed E-state index contributed by atoms with van der Waals surface area (Å²) in [7, 11) is 0. The number of ether oxygens (including phenoxy) is 1. The van der Waals surface area contributed by atoms with Crippen LogP contribution in [0.1, 0.15) is 26.5 Å². The van der Waals surface area contributed by atoms with Crippen LogP contribution >= 0.6 is 0 Å². The fourth-order valence-electron chi connectivity index (χ4n) is 1.61. The second-order valence-corrected chi connectivity index (χ2v) is 5.53. The van der Waals surface area contributed by atoms with E-state index in [-0.39, 0.29) is 0 Å². The molecule has 2 atom stereocenters. The molecule has 0 aliphatic rings. The number of hydrogen-bond donors (Lipinski definition) is 3. The average Bonchev–Trinajstić information content (AvgIpc) is 2.36. The molecule has 0 aliphatic heterocycles. The lowest BCUT2D eigenvalue weighted by molar-refractivity contribution is 0.0319. The predicted molar refractivity (Wildman–Crippen MR) is 74.2 cm³/mol. The van der Waals surface area contributed by atoms with Gasteiger partial charge in [-0.15, -0.1) is 0 Å². The zero-order chi connectivity index (χ0) is 15.2. The normalized spacial score (nSPS) is 14.4. The number of carbonyl (C=O) groups is 1. The molecule has 1 amide bonds. The van der Waals surface area contributed by atoms with E-state index < -0.39 is 30.4 Å². The van der Waals surface area contributed by atoms with Crippen molar-refractivity contribution in [3.8, 4) is 0 Å². The Morgan fingerprint density at radius 2 is 2.15 bits per heavy atom. The molecule has 1 heterocycles. The molecule has 0 saturated heterocycles. The molecule has 0 radical (unpaired) electrons. The molecule has 0 aliphatic carbocycles. The van der Waals surface area contributed by atoms with Gasteiger partial charge in [0.25, 0.3) is 0 Å². The number of carbonyl (C=O) groups excluding carboxylic acids is 1. The fraction of sp³-hybridized carbons (Fsp3) is 0.571. The highest BCUT2D eigenvalue weighted by atomic mass is 16.6. The maximum absolute atomic E-state index is 11.7. The molecular weight excluding hydrogens is 260 g/mol. The zero-order valence-corrected chi connectivity index (χ0v) is 12.0. The Hall–Kier alpha value is -1.66. The van der Waals surface area contributed by atoms with Gasteiger partial charge in [0.1, 0.15) is 5.60 Å². The molecule has 1 rings (SSSR count). The monoisotopic (exact) mass is 282 g/mol. The van der Waals surface area contributed by atoms with Crippen molar-refractivity contribution in [3.63, 3.8) is 0 Å². The standard InChI is InChI=1S/C14H22N2O4/c1-14(2,3)20-13(19)16-11(12(18)9-17)8-10-6-4-5-7-15-10/h4-7,11-12,17-18H,8-9H2,1-3H3,(H,16,19). The fourth-order valence-corrected chi connectivity index (χ4v) is 1.61. The predicted octanol–water partition coefficient (Wildman–Crippen LogP) is 0.871. The Morgan fingerprint density at radius 3 is 2.65 bits per heavy atom. The SMILES string of the molecule is CC(C)(C)OC(=O)NC(Cc1ccccn1)C(O)CO. The summed E-state index contributed by atoms with van der Waals surface area (Å²) in [5, 5.41) is 21.4. The van der Waals surface area contributed by atoms with E-state index in [2.05, 4.69) is 10.3 Å². The second kappa shape index (κ2) is 7.21. The minimum absolute atomic E-state index is 0.307. The van der Waals surface area contributed by atoms with E-state index in [1.807, 2.05) is 6.07 Å². The Labute approximate surface area is 118 Å². The van der Waals surface area contributed by atoms with Crippen molar-refractivity contribution in [2.45, 2.75) is 44.9 Å². The number of amides is 1. The number of nitrogens with one attached hydrogen (secondary N) is 1. The van der Waals surface area contributed by atoms with E-state index in [0.29, 0.717) is 12.1 Å². The minimum Gasteiger partial charge on any atom is -0.444 e. The highest BCUT2D eigenvalue weighted by Crippen LogP contribution is 2.09. The van der Waals surface area contributed by atoms with E-state index in [1.54, 1.807) is 39.1 Å². The molecule has 0 fully saturated rings. The van der Waals surface area contributed by atoms with Crippen molar-refractivity contribution < 1.29 is 19.7 Å². The molecular formula is C14H22N2O4. The van der Waals surface area contributed by atoms with Crippen molar-refractivity contribution in [1.29, 1.82) is 0 Å². The number of alkyl carbamates (subject to hydrolysis) is 1. The van der Waals surface area contributed by atoms with Crippen LogP contribution in [0.15, 0.2) is 24.4 Å². The number of aliphatic hydroxyl groups excluding tert-OH is 2. The van der Waals surface area contributed by atoms with E-state index >= 15 is 0 Å². The van der Waals surface area contributed by atoms with Crippen molar-refractivity contribution in [2.75, 3.05) is 6.61 Å². The molecule has 0 saturated carbocycles. The first-order valence-electron chi connectivity index (χ1n) is 6.50. The van der Waals surface area contributed by atoms with Crippen LogP contribution in [0.4, 0.5) is 4.79 Å². The van der Waals surface area contributed by atoms with Crippen LogP contribution in [-0.4, -0.2) is 45.6 Å². The molecule has 0 aromatic carbocycles. The lowest BCUT2D eigenvalue weighted by atomic mass is 10.1. The Morgan fingerprint density at radius 1 is 1.45 bits per heavy atom. The Bertz CT molecular complexity index is 417. The number of aliphatic hydroxyl groups is 2. The van der Waals surface area contributed by atoms with Gasteiger partial charge in [-0.1, -0.05) is 6.07 Å². The number of rotatable bonds is 5. The third kappa shape index (κ3) is 5.99. The van der Waals surface area contributed by atoms with Gasteiger partial charge in [-0.25, -0.2) is 4.79 Å². The third-order valence-corrected chi connectivity index (χ3v) is 2.51. The Balaban J connectivity index is 2.68. The molecule has 2 unspecified atom stereocenters. The molecule has 0 spiro atoms. The maximum Gasteiger partial charge on any atom is 0.407 e. The molecule has 20 heavy (non-hydrogen) atoms. The summed E-state index contributed by atoms with van der Waals surface area (Å²) < 4.78 is 5.14. The van der Waals surface area contributed by atoms with E-state index in [0.717, 1.165) is 0 Å². The highest BCUT2D eigenvalue weighted by molar-refractivity contribution is 5.68. The van der Waals surface area contributed by atoms with Crippen LogP contribution in [0.2, 0.25) is 0 Å². The zero-order valence-electron chi connectivity index (χ0n) is 12.0. The van der Waals surface area contributed by atoms with Crippen molar-refractivity contribution in [2.24, 2.45) is 0 Å². The summed E-state index contributed by atoms with van der Waals surface area (Å²) in [6, 6.07) is 4.72. The lowest BCUT2D eigenvalue weighted by Gasteiger charge is -2.25. The van der Waals surface area contributed by atoms with Gasteiger partial charge in [0.05, 0.1) is 18.8 Å². The average molecular weight is 282 g/mol. The first kappa shape index (κ1) is 16.4. The topological polar surface area (TPSA) is 91.7 Å². The highest BCUT2D eigenvalue weighted by Gasteiger charge is 2.24. The molecule has 1 aromatic heterocycles. The summed E-state index contributed by atoms with van der Waals surface area (Å²) in [5.74, 6) is 0. The number of nitrogens with zero attached hydrogens (tertiary/aromatic N) is 1. The molecule has 1 aromatic rings. The Kier molecular flexibility index (Phi) is 5.91. The number of pyridine rings is 1. The van der Waals surface area contributed by atoms with E-state index in [4.69, 9.17) is 9.84 Å². The summed E-state index contributed by atoms with van der Waals surface area (Å²) >= 11 is 0. The van der Waals surface area contributed by atoms with Gasteiger partial charge in [0.2, 0.25) is 0 Å². The molecule has 6 nitrogen and oxygen atoms in total. The molecule has 0 bridgehead atoms. The van der Waals surface area contributed by atoms with Gasteiger partial charge in [-0.05, 0) is 32.9 Å². The minimum atomic E-state index is -1.08. The first-order valence-corrected chi connectivity index (χ1v) is 6.50. The second-order valence-electron chi connectivity index (χ2n) is 5.53. The third-order valence-electron chi connectivity index (χ3n) is 2.51. The van der Waals surface area contributed by atoms with Gasteiger partial charge in [0, 0.05) is 18.3 Å². The largest absolute Gasteiger partial charge is 0.444 e. The van der Waals surface area contributed by atoms with Gasteiger partial charge in [-0.2, -0.15) is 0 Å². The first-order chi connectivity index (χ1) is 9.31. The number of hydrogen-bond acceptors (Lipinski definition) is 5. The summed E-state index contributed by atoms with van der Waals surface area (Å²) in [4.78, 5) is 15.9. The van der Waals surface area contributed by atoms with Gasteiger partial charge in [-0.3, -0.25) is 4.98 Å². The van der Waals surface area contributed by atoms with Gasteiger partial charge < -0.3 is 20.3 Å². The summed E-state index contributed by atoms with van der Waals surface area (Å²) in [5.41, 5.74) is 0.0881. The van der Waals surface area contributed by atoms with Crippen LogP contribution in [0.3, 0.4) is 0 Å². The van der Waals surface area contributed by atoms with Crippen molar-refractivity contribution in [1.82, 2.24) is 10.3 Å². The quantitative estimate of drug-likeness (QED) is 0.745. The molecule has 6 heteroatoms. The summed E-state index contributed by atoms with van der Waals surface area (Å²) in [6.07, 6.45) is 0.225. The van der Waals surface area contributed by atoms with Crippen LogP contribution < -0.4 is 5.32 Å². The van der Waals surface area contributed by atoms with Crippen molar-refractivity contribution >= 4 is 6.09 Å². The van der Waals surface area contributed by atoms with Gasteiger partial charge >= 0.3 is 6.09 Å². The maximum atomic E-state index is 11.7.